The maximum atomic E-state index is 11.7. The van der Waals surface area contributed by atoms with Gasteiger partial charge in [0.1, 0.15) is 5.75 Å². The molecular weight excluding hydrogens is 218 g/mol. The van der Waals surface area contributed by atoms with Crippen LogP contribution in [0.5, 0.6) is 5.75 Å². The van der Waals surface area contributed by atoms with Crippen molar-refractivity contribution in [3.05, 3.63) is 29.3 Å². The minimum Gasteiger partial charge on any atom is -0.481 e. The van der Waals surface area contributed by atoms with E-state index in [1.165, 1.54) is 0 Å². The average molecular weight is 233 g/mol. The number of primary amides is 1. The number of amides is 1. The molecule has 0 saturated heterocycles. The second-order valence-electron chi connectivity index (χ2n) is 4.22. The van der Waals surface area contributed by atoms with E-state index in [1.807, 2.05) is 0 Å². The van der Waals surface area contributed by atoms with Gasteiger partial charge in [-0.1, -0.05) is 12.1 Å². The van der Waals surface area contributed by atoms with Crippen LogP contribution in [0.4, 0.5) is 0 Å². The van der Waals surface area contributed by atoms with E-state index >= 15 is 0 Å². The number of nitrogens with two attached hydrogens (primary N) is 1. The van der Waals surface area contributed by atoms with Crippen molar-refractivity contribution in [2.24, 2.45) is 5.73 Å². The van der Waals surface area contributed by atoms with Crippen LogP contribution in [-0.2, 0) is 11.2 Å². The first-order valence-corrected chi connectivity index (χ1v) is 5.70. The molecule has 0 saturated carbocycles. The maximum absolute atomic E-state index is 11.7. The molecule has 0 aromatic heterocycles. The highest BCUT2D eigenvalue weighted by Crippen LogP contribution is 2.30. The van der Waals surface area contributed by atoms with Gasteiger partial charge in [0.25, 0.3) is 5.91 Å². The van der Waals surface area contributed by atoms with Crippen LogP contribution in [0.3, 0.4) is 0 Å². The molecule has 2 rings (SSSR count). The lowest BCUT2D eigenvalue weighted by Gasteiger charge is -2.20. The lowest BCUT2D eigenvalue weighted by molar-refractivity contribution is -0.124. The number of Topliss-reactive ketones (excluding diaryl/α,β-unsaturated/α-hetero) is 1. The summed E-state index contributed by atoms with van der Waals surface area (Å²) in [7, 11) is 0. The van der Waals surface area contributed by atoms with E-state index in [-0.39, 0.29) is 5.78 Å². The second kappa shape index (κ2) is 4.57. The predicted molar refractivity (Wildman–Crippen MR) is 63.0 cm³/mol. The van der Waals surface area contributed by atoms with Crippen LogP contribution in [0.25, 0.3) is 0 Å². The van der Waals surface area contributed by atoms with Crippen molar-refractivity contribution in [2.75, 3.05) is 0 Å². The van der Waals surface area contributed by atoms with Gasteiger partial charge in [0.05, 0.1) is 0 Å². The summed E-state index contributed by atoms with van der Waals surface area (Å²) in [6.07, 6.45) is 1.54. The highest BCUT2D eigenvalue weighted by atomic mass is 16.5. The van der Waals surface area contributed by atoms with Crippen molar-refractivity contribution in [2.45, 2.75) is 32.3 Å². The summed E-state index contributed by atoms with van der Waals surface area (Å²) in [6, 6.07) is 5.35. The highest BCUT2D eigenvalue weighted by molar-refractivity contribution is 5.99. The Morgan fingerprint density at radius 2 is 2.18 bits per heavy atom. The van der Waals surface area contributed by atoms with Crippen LogP contribution in [0.2, 0.25) is 0 Å². The minimum atomic E-state index is -0.682. The number of benzene rings is 1. The SMILES string of the molecule is CC(Oc1cccc2c1CCCC2=O)C(N)=O. The maximum Gasteiger partial charge on any atom is 0.258 e. The summed E-state index contributed by atoms with van der Waals surface area (Å²) in [4.78, 5) is 22.7. The number of hydrogen-bond acceptors (Lipinski definition) is 3. The molecule has 90 valence electrons. The molecule has 1 aromatic carbocycles. The van der Waals surface area contributed by atoms with Crippen molar-refractivity contribution in [1.29, 1.82) is 0 Å². The standard InChI is InChI=1S/C13H15NO3/c1-8(13(14)16)17-12-7-3-4-9-10(12)5-2-6-11(9)15/h3-4,7-8H,2,5-6H2,1H3,(H2,14,16). The van der Waals surface area contributed by atoms with Gasteiger partial charge in [0.15, 0.2) is 11.9 Å². The first kappa shape index (κ1) is 11.6. The van der Waals surface area contributed by atoms with Gasteiger partial charge in [-0.05, 0) is 25.8 Å². The van der Waals surface area contributed by atoms with Crippen molar-refractivity contribution in [3.8, 4) is 5.75 Å². The molecule has 4 heteroatoms. The zero-order valence-corrected chi connectivity index (χ0v) is 9.73. The molecular formula is C13H15NO3. The van der Waals surface area contributed by atoms with Crippen molar-refractivity contribution in [1.82, 2.24) is 0 Å². The summed E-state index contributed by atoms with van der Waals surface area (Å²) in [5.41, 5.74) is 6.77. The number of rotatable bonds is 3. The average Bonchev–Trinajstić information content (AvgIpc) is 2.30. The summed E-state index contributed by atoms with van der Waals surface area (Å²) in [5, 5.41) is 0. The zero-order chi connectivity index (χ0) is 12.4. The third-order valence-corrected chi connectivity index (χ3v) is 2.97. The van der Waals surface area contributed by atoms with Gasteiger partial charge in [-0.2, -0.15) is 0 Å². The molecule has 0 aliphatic heterocycles. The van der Waals surface area contributed by atoms with E-state index in [9.17, 15) is 9.59 Å². The highest BCUT2D eigenvalue weighted by Gasteiger charge is 2.21. The molecule has 0 spiro atoms. The van der Waals surface area contributed by atoms with Gasteiger partial charge < -0.3 is 10.5 Å². The van der Waals surface area contributed by atoms with Gasteiger partial charge in [-0.25, -0.2) is 0 Å². The predicted octanol–water partition coefficient (Wildman–Crippen LogP) is 1.46. The quantitative estimate of drug-likeness (QED) is 0.859. The number of fused-ring (bicyclic) bond motifs is 1. The molecule has 1 unspecified atom stereocenters. The van der Waals surface area contributed by atoms with E-state index in [1.54, 1.807) is 25.1 Å². The lowest BCUT2D eigenvalue weighted by Crippen LogP contribution is -2.31. The van der Waals surface area contributed by atoms with Gasteiger partial charge in [0.2, 0.25) is 0 Å². The number of carbonyl (C=O) groups is 2. The topological polar surface area (TPSA) is 69.4 Å². The fourth-order valence-corrected chi connectivity index (χ4v) is 2.00. The molecule has 0 heterocycles. The summed E-state index contributed by atoms with van der Waals surface area (Å²) in [5.74, 6) is 0.231. The normalized spacial score (nSPS) is 16.2. The van der Waals surface area contributed by atoms with Gasteiger partial charge >= 0.3 is 0 Å². The van der Waals surface area contributed by atoms with E-state index in [0.717, 1.165) is 18.4 Å². The Labute approximate surface area is 99.8 Å². The van der Waals surface area contributed by atoms with Crippen LogP contribution in [-0.4, -0.2) is 17.8 Å². The smallest absolute Gasteiger partial charge is 0.258 e. The molecule has 1 aliphatic carbocycles. The van der Waals surface area contributed by atoms with Crippen molar-refractivity contribution in [3.63, 3.8) is 0 Å². The van der Waals surface area contributed by atoms with E-state index in [2.05, 4.69) is 0 Å². The largest absolute Gasteiger partial charge is 0.481 e. The third-order valence-electron chi connectivity index (χ3n) is 2.97. The first-order valence-electron chi connectivity index (χ1n) is 5.70. The Hall–Kier alpha value is -1.84. The number of hydrogen-bond donors (Lipinski definition) is 1. The Morgan fingerprint density at radius 1 is 1.41 bits per heavy atom. The summed E-state index contributed by atoms with van der Waals surface area (Å²) < 4.78 is 5.50. The lowest BCUT2D eigenvalue weighted by atomic mass is 9.90. The van der Waals surface area contributed by atoms with E-state index in [0.29, 0.717) is 17.7 Å². The van der Waals surface area contributed by atoms with Gasteiger partial charge in [-0.15, -0.1) is 0 Å². The minimum absolute atomic E-state index is 0.142. The fraction of sp³-hybridized carbons (Fsp3) is 0.385. The zero-order valence-electron chi connectivity index (χ0n) is 9.73. The summed E-state index contributed by atoms with van der Waals surface area (Å²) in [6.45, 7) is 1.60. The van der Waals surface area contributed by atoms with Gasteiger partial charge in [-0.3, -0.25) is 9.59 Å². The van der Waals surface area contributed by atoms with Crippen LogP contribution >= 0.6 is 0 Å². The molecule has 1 aliphatic rings. The van der Waals surface area contributed by atoms with Crippen LogP contribution in [0.1, 0.15) is 35.7 Å². The van der Waals surface area contributed by atoms with Crippen molar-refractivity contribution >= 4 is 11.7 Å². The Kier molecular flexibility index (Phi) is 3.13. The third kappa shape index (κ3) is 2.30. The second-order valence-corrected chi connectivity index (χ2v) is 4.22. The number of ether oxygens (including phenoxy) is 1. The first-order chi connectivity index (χ1) is 8.09. The Balaban J connectivity index is 2.32. The van der Waals surface area contributed by atoms with Crippen LogP contribution in [0.15, 0.2) is 18.2 Å². The van der Waals surface area contributed by atoms with Crippen LogP contribution < -0.4 is 10.5 Å². The molecule has 2 N–H and O–H groups in total. The molecule has 1 amide bonds. The fourth-order valence-electron chi connectivity index (χ4n) is 2.00. The monoisotopic (exact) mass is 233 g/mol. The molecule has 1 aromatic rings. The molecule has 0 radical (unpaired) electrons. The van der Waals surface area contributed by atoms with E-state index in [4.69, 9.17) is 10.5 Å². The van der Waals surface area contributed by atoms with Crippen molar-refractivity contribution < 1.29 is 14.3 Å². The summed E-state index contributed by atoms with van der Waals surface area (Å²) >= 11 is 0. The molecule has 4 nitrogen and oxygen atoms in total. The number of ketones is 1. The molecule has 1 atom stereocenters. The molecule has 17 heavy (non-hydrogen) atoms. The molecule has 0 bridgehead atoms. The Morgan fingerprint density at radius 3 is 2.88 bits per heavy atom. The molecule has 0 fully saturated rings. The number of carbonyl (C=O) groups excluding carboxylic acids is 2. The van der Waals surface area contributed by atoms with Crippen LogP contribution in [0, 0.1) is 0 Å². The van der Waals surface area contributed by atoms with E-state index < -0.39 is 12.0 Å². The van der Waals surface area contributed by atoms with Gasteiger partial charge in [0, 0.05) is 17.5 Å². The Bertz CT molecular complexity index is 468.